The summed E-state index contributed by atoms with van der Waals surface area (Å²) in [6.07, 6.45) is 2.45. The number of aliphatic hydroxyl groups excluding tert-OH is 1. The van der Waals surface area contributed by atoms with Gasteiger partial charge in [0.25, 0.3) is 0 Å². The predicted molar refractivity (Wildman–Crippen MR) is 102 cm³/mol. The van der Waals surface area contributed by atoms with Crippen LogP contribution in [0.1, 0.15) is 48.2 Å². The maximum atomic E-state index is 9.20. The highest BCUT2D eigenvalue weighted by atomic mass is 16.3. The molecule has 0 amide bonds. The highest BCUT2D eigenvalue weighted by Crippen LogP contribution is 2.35. The summed E-state index contributed by atoms with van der Waals surface area (Å²) in [4.78, 5) is 2.59. The normalized spacial score (nSPS) is 21.6. The summed E-state index contributed by atoms with van der Waals surface area (Å²) in [7, 11) is 0. The molecule has 2 atom stereocenters. The van der Waals surface area contributed by atoms with Gasteiger partial charge in [0.15, 0.2) is 0 Å². The molecule has 0 aliphatic carbocycles. The fraction of sp³-hybridized carbons (Fsp3) is 0.571. The van der Waals surface area contributed by atoms with E-state index in [1.165, 1.54) is 29.7 Å². The summed E-state index contributed by atoms with van der Waals surface area (Å²) in [5.41, 5.74) is 5.13. The lowest BCUT2D eigenvalue weighted by atomic mass is 9.79. The van der Waals surface area contributed by atoms with Crippen molar-refractivity contribution in [1.82, 2.24) is 14.7 Å². The van der Waals surface area contributed by atoms with E-state index in [-0.39, 0.29) is 6.61 Å². The Morgan fingerprint density at radius 3 is 2.64 bits per heavy atom. The highest BCUT2D eigenvalue weighted by Gasteiger charge is 2.29. The van der Waals surface area contributed by atoms with E-state index in [1.54, 1.807) is 0 Å². The molecule has 0 radical (unpaired) electrons. The van der Waals surface area contributed by atoms with Gasteiger partial charge >= 0.3 is 0 Å². The zero-order valence-corrected chi connectivity index (χ0v) is 15.8. The van der Waals surface area contributed by atoms with E-state index in [1.807, 2.05) is 4.68 Å². The largest absolute Gasteiger partial charge is 0.394 e. The van der Waals surface area contributed by atoms with Crippen molar-refractivity contribution >= 4 is 0 Å². The number of aliphatic hydroxyl groups is 1. The van der Waals surface area contributed by atoms with Crippen LogP contribution in [0.4, 0.5) is 0 Å². The fourth-order valence-corrected chi connectivity index (χ4v) is 4.30. The van der Waals surface area contributed by atoms with Crippen LogP contribution in [0.25, 0.3) is 0 Å². The monoisotopic (exact) mass is 341 g/mol. The molecular formula is C21H31N3O. The number of aromatic nitrogens is 2. The van der Waals surface area contributed by atoms with Crippen molar-refractivity contribution in [2.45, 2.75) is 52.6 Å². The Kier molecular flexibility index (Phi) is 5.92. The number of likely N-dealkylation sites (tertiary alicyclic amines) is 1. The van der Waals surface area contributed by atoms with Crippen LogP contribution in [0, 0.1) is 19.8 Å². The van der Waals surface area contributed by atoms with Crippen molar-refractivity contribution in [3.8, 4) is 0 Å². The van der Waals surface area contributed by atoms with Crippen molar-refractivity contribution < 1.29 is 5.11 Å². The van der Waals surface area contributed by atoms with Crippen molar-refractivity contribution in [2.75, 3.05) is 19.7 Å². The number of piperidine rings is 1. The Morgan fingerprint density at radius 2 is 1.96 bits per heavy atom. The Labute approximate surface area is 151 Å². The zero-order chi connectivity index (χ0) is 17.8. The van der Waals surface area contributed by atoms with Crippen LogP contribution >= 0.6 is 0 Å². The minimum Gasteiger partial charge on any atom is -0.394 e. The van der Waals surface area contributed by atoms with E-state index >= 15 is 0 Å². The van der Waals surface area contributed by atoms with Gasteiger partial charge in [-0.3, -0.25) is 9.58 Å². The zero-order valence-electron chi connectivity index (χ0n) is 15.8. The third-order valence-electron chi connectivity index (χ3n) is 5.80. The number of hydrogen-bond acceptors (Lipinski definition) is 3. The van der Waals surface area contributed by atoms with Crippen LogP contribution in [-0.4, -0.2) is 39.5 Å². The molecule has 3 rings (SSSR count). The molecule has 0 bridgehead atoms. The van der Waals surface area contributed by atoms with Crippen molar-refractivity contribution in [1.29, 1.82) is 0 Å². The van der Waals surface area contributed by atoms with Crippen LogP contribution < -0.4 is 0 Å². The molecule has 2 unspecified atom stereocenters. The second-order valence-corrected chi connectivity index (χ2v) is 7.31. The third kappa shape index (κ3) is 3.96. The number of aryl methyl sites for hydroxylation is 1. The highest BCUT2D eigenvalue weighted by molar-refractivity contribution is 5.25. The summed E-state index contributed by atoms with van der Waals surface area (Å²) in [6, 6.07) is 11.0. The minimum atomic E-state index is 0.141. The first kappa shape index (κ1) is 18.2. The van der Waals surface area contributed by atoms with Gasteiger partial charge in [0.05, 0.1) is 18.8 Å². The molecule has 1 fully saturated rings. The lowest BCUT2D eigenvalue weighted by Gasteiger charge is -2.38. The average Bonchev–Trinajstić information content (AvgIpc) is 2.90. The van der Waals surface area contributed by atoms with Crippen LogP contribution in [0.3, 0.4) is 0 Å². The smallest absolute Gasteiger partial charge is 0.0644 e. The van der Waals surface area contributed by atoms with E-state index in [4.69, 9.17) is 0 Å². The van der Waals surface area contributed by atoms with Crippen LogP contribution in [0.15, 0.2) is 30.3 Å². The maximum Gasteiger partial charge on any atom is 0.0644 e. The van der Waals surface area contributed by atoms with Gasteiger partial charge in [0.1, 0.15) is 0 Å². The first-order valence-corrected chi connectivity index (χ1v) is 9.55. The van der Waals surface area contributed by atoms with Crippen molar-refractivity contribution in [3.63, 3.8) is 0 Å². The Balaban J connectivity index is 1.70. The minimum absolute atomic E-state index is 0.141. The van der Waals surface area contributed by atoms with E-state index in [0.717, 1.165) is 25.3 Å². The van der Waals surface area contributed by atoms with Crippen LogP contribution in [0.5, 0.6) is 0 Å². The van der Waals surface area contributed by atoms with Gasteiger partial charge in [-0.1, -0.05) is 43.7 Å². The first-order chi connectivity index (χ1) is 12.1. The second kappa shape index (κ2) is 8.15. The summed E-state index contributed by atoms with van der Waals surface area (Å²) in [5.74, 6) is 1.39. The van der Waals surface area contributed by atoms with Crippen molar-refractivity contribution in [2.24, 2.45) is 5.92 Å². The Hall–Kier alpha value is -1.65. The molecule has 1 aromatic heterocycles. The summed E-state index contributed by atoms with van der Waals surface area (Å²) >= 11 is 0. The molecule has 136 valence electrons. The Bertz CT molecular complexity index is 680. The molecule has 0 spiro atoms. The Morgan fingerprint density at radius 1 is 1.20 bits per heavy atom. The summed E-state index contributed by atoms with van der Waals surface area (Å²) in [6.45, 7) is 10.5. The molecule has 4 nitrogen and oxygen atoms in total. The molecule has 25 heavy (non-hydrogen) atoms. The molecule has 1 N–H and O–H groups in total. The average molecular weight is 341 g/mol. The van der Waals surface area contributed by atoms with Gasteiger partial charge in [-0.2, -0.15) is 5.10 Å². The summed E-state index contributed by atoms with van der Waals surface area (Å²) < 4.78 is 1.94. The number of hydrogen-bond donors (Lipinski definition) is 1. The lowest BCUT2D eigenvalue weighted by molar-refractivity contribution is 0.143. The molecule has 1 aliphatic rings. The van der Waals surface area contributed by atoms with Gasteiger partial charge in [-0.15, -0.1) is 0 Å². The number of nitrogens with zero attached hydrogens (tertiary/aromatic N) is 3. The van der Waals surface area contributed by atoms with Crippen LogP contribution in [0.2, 0.25) is 0 Å². The standard InChI is InChI=1S/C21H31N3O/c1-4-18-14-23(11-10-20(18)19-8-6-5-7-9-19)15-21-16(2)22-24(12-13-25)17(21)3/h5-9,18,20,25H,4,10-15H2,1-3H3. The third-order valence-corrected chi connectivity index (χ3v) is 5.80. The molecule has 2 aromatic rings. The molecule has 1 saturated heterocycles. The molecule has 2 heterocycles. The molecule has 4 heteroatoms. The van der Waals surface area contributed by atoms with Crippen molar-refractivity contribution in [3.05, 3.63) is 52.8 Å². The van der Waals surface area contributed by atoms with Gasteiger partial charge in [0, 0.05) is 24.3 Å². The number of rotatable bonds is 6. The molecule has 1 aromatic carbocycles. The topological polar surface area (TPSA) is 41.3 Å². The van der Waals surface area contributed by atoms with E-state index in [9.17, 15) is 5.11 Å². The lowest BCUT2D eigenvalue weighted by Crippen LogP contribution is -2.39. The van der Waals surface area contributed by atoms with Gasteiger partial charge in [-0.25, -0.2) is 0 Å². The molecule has 1 aliphatic heterocycles. The molecule has 0 saturated carbocycles. The predicted octanol–water partition coefficient (Wildman–Crippen LogP) is 3.51. The number of benzene rings is 1. The molecular weight excluding hydrogens is 310 g/mol. The maximum absolute atomic E-state index is 9.20. The van der Waals surface area contributed by atoms with Gasteiger partial charge in [0.2, 0.25) is 0 Å². The van der Waals surface area contributed by atoms with E-state index < -0.39 is 0 Å². The SMILES string of the molecule is CCC1CN(Cc2c(C)nn(CCO)c2C)CCC1c1ccccc1. The fourth-order valence-electron chi connectivity index (χ4n) is 4.30. The van der Waals surface area contributed by atoms with Crippen LogP contribution in [-0.2, 0) is 13.1 Å². The van der Waals surface area contributed by atoms with Gasteiger partial charge < -0.3 is 5.11 Å². The first-order valence-electron chi connectivity index (χ1n) is 9.55. The summed E-state index contributed by atoms with van der Waals surface area (Å²) in [5, 5.41) is 13.8. The van der Waals surface area contributed by atoms with E-state index in [0.29, 0.717) is 18.4 Å². The second-order valence-electron chi connectivity index (χ2n) is 7.31. The van der Waals surface area contributed by atoms with E-state index in [2.05, 4.69) is 61.1 Å². The van der Waals surface area contributed by atoms with Gasteiger partial charge in [-0.05, 0) is 44.2 Å². The quantitative estimate of drug-likeness (QED) is 0.874.